The van der Waals surface area contributed by atoms with Gasteiger partial charge in [0, 0.05) is 29.7 Å². The van der Waals surface area contributed by atoms with Gasteiger partial charge >= 0.3 is 12.5 Å². The Balaban J connectivity index is 1.50. The van der Waals surface area contributed by atoms with E-state index in [-0.39, 0.29) is 23.5 Å². The maximum Gasteiger partial charge on any atom is 0.573 e. The maximum absolute atomic E-state index is 12.2. The molecule has 1 aliphatic rings. The third-order valence-electron chi connectivity index (χ3n) is 4.48. The number of alkyl carbamates (subject to hydrolysis) is 1. The number of nitrogens with one attached hydrogen (secondary N) is 2. The Labute approximate surface area is 170 Å². The van der Waals surface area contributed by atoms with E-state index in [4.69, 9.17) is 5.41 Å². The summed E-state index contributed by atoms with van der Waals surface area (Å²) < 4.78 is 44.9. The molecule has 0 spiro atoms. The van der Waals surface area contributed by atoms with Crippen LogP contribution >= 0.6 is 0 Å². The molecule has 4 N–H and O–H groups in total. The van der Waals surface area contributed by atoms with Gasteiger partial charge in [0.05, 0.1) is 7.11 Å². The first-order valence-corrected chi connectivity index (χ1v) is 9.02. The summed E-state index contributed by atoms with van der Waals surface area (Å²) in [6, 6.07) is 12.7. The molecule has 2 aromatic carbocycles. The first kappa shape index (κ1) is 21.3. The summed E-state index contributed by atoms with van der Waals surface area (Å²) in [7, 11) is 1.32. The van der Waals surface area contributed by atoms with Gasteiger partial charge in [0.2, 0.25) is 0 Å². The summed E-state index contributed by atoms with van der Waals surface area (Å²) in [5, 5.41) is 12.4. The molecule has 0 saturated heterocycles. The van der Waals surface area contributed by atoms with Gasteiger partial charge in [-0.3, -0.25) is 10.7 Å². The van der Waals surface area contributed by atoms with Crippen LogP contribution in [0.1, 0.15) is 23.5 Å². The van der Waals surface area contributed by atoms with Gasteiger partial charge in [0.1, 0.15) is 11.4 Å². The zero-order valence-corrected chi connectivity index (χ0v) is 15.9. The number of carbonyl (C=O) groups excluding carboxylic acids is 1. The highest BCUT2D eigenvalue weighted by molar-refractivity contribution is 5.99. The second-order valence-corrected chi connectivity index (χ2v) is 6.62. The summed E-state index contributed by atoms with van der Waals surface area (Å²) in [5.41, 5.74) is 2.30. The van der Waals surface area contributed by atoms with Crippen LogP contribution in [0.25, 0.3) is 0 Å². The average molecular weight is 421 g/mol. The van der Waals surface area contributed by atoms with Crippen molar-refractivity contribution in [2.24, 2.45) is 4.99 Å². The number of methoxy groups -OCH3 is 1. The van der Waals surface area contributed by atoms with E-state index >= 15 is 0 Å². The number of ether oxygens (including phenoxy) is 2. The van der Waals surface area contributed by atoms with Crippen LogP contribution in [0.2, 0.25) is 0 Å². The minimum Gasteiger partial charge on any atom is -0.453 e. The number of halogens is 3. The topological polar surface area (TPSA) is 100 Å². The van der Waals surface area contributed by atoms with Crippen molar-refractivity contribution in [2.75, 3.05) is 7.11 Å². The number of amidine groups is 1. The van der Waals surface area contributed by atoms with Gasteiger partial charge in [-0.2, -0.15) is 4.99 Å². The number of nitrogens with two attached hydrogens (primary N) is 1. The number of nitrogens with zero attached hydrogens (tertiary/aromatic N) is 1. The van der Waals surface area contributed by atoms with Crippen molar-refractivity contribution in [3.05, 3.63) is 59.7 Å². The molecular formula is C20H20F3N4O3+. The molecular weight excluding hydrogens is 401 g/mol. The average Bonchev–Trinajstić information content (AvgIpc) is 3.47. The van der Waals surface area contributed by atoms with E-state index in [2.05, 4.69) is 19.8 Å². The summed E-state index contributed by atoms with van der Waals surface area (Å²) >= 11 is 0. The molecule has 0 aromatic heterocycles. The Morgan fingerprint density at radius 2 is 1.87 bits per heavy atom. The van der Waals surface area contributed by atoms with Gasteiger partial charge in [-0.1, -0.05) is 24.3 Å². The number of hydrogen-bond acceptors (Lipinski definition) is 4. The largest absolute Gasteiger partial charge is 0.573 e. The Morgan fingerprint density at radius 1 is 1.20 bits per heavy atom. The monoisotopic (exact) mass is 421 g/mol. The Bertz CT molecular complexity index is 928. The molecule has 0 bridgehead atoms. The molecule has 3 rings (SSSR count). The van der Waals surface area contributed by atoms with Gasteiger partial charge < -0.3 is 14.8 Å². The van der Waals surface area contributed by atoms with Crippen molar-refractivity contribution in [3.63, 3.8) is 0 Å². The van der Waals surface area contributed by atoms with Crippen molar-refractivity contribution in [3.8, 4) is 5.75 Å². The summed E-state index contributed by atoms with van der Waals surface area (Å²) in [6.45, 7) is 0. The molecule has 2 aromatic rings. The third-order valence-corrected chi connectivity index (χ3v) is 4.48. The highest BCUT2D eigenvalue weighted by Crippen LogP contribution is 2.40. The minimum atomic E-state index is -4.73. The second-order valence-electron chi connectivity index (χ2n) is 6.62. The van der Waals surface area contributed by atoms with Crippen molar-refractivity contribution in [1.29, 1.82) is 5.41 Å². The predicted octanol–water partition coefficient (Wildman–Crippen LogP) is 3.05. The smallest absolute Gasteiger partial charge is 0.453 e. The van der Waals surface area contributed by atoms with Crippen LogP contribution in [-0.4, -0.2) is 37.8 Å². The lowest BCUT2D eigenvalue weighted by molar-refractivity contribution is -0.432. The molecule has 7 nitrogen and oxygen atoms in total. The molecule has 0 radical (unpaired) electrons. The number of rotatable bonds is 6. The first-order valence-electron chi connectivity index (χ1n) is 9.02. The van der Waals surface area contributed by atoms with Gasteiger partial charge in [-0.25, -0.2) is 4.79 Å². The number of carbonyl (C=O) groups is 1. The molecule has 30 heavy (non-hydrogen) atoms. The van der Waals surface area contributed by atoms with E-state index in [0.29, 0.717) is 11.3 Å². The van der Waals surface area contributed by atoms with Crippen LogP contribution in [-0.2, 0) is 4.74 Å². The third kappa shape index (κ3) is 6.05. The summed E-state index contributed by atoms with van der Waals surface area (Å²) in [4.78, 5) is 15.3. The second kappa shape index (κ2) is 8.95. The molecule has 1 saturated carbocycles. The quantitative estimate of drug-likeness (QED) is 0.380. The molecule has 1 aliphatic carbocycles. The van der Waals surface area contributed by atoms with Gasteiger partial charge in [-0.05, 0) is 24.1 Å². The number of amides is 1. The van der Waals surface area contributed by atoms with E-state index in [1.54, 1.807) is 17.4 Å². The maximum atomic E-state index is 12.2. The fourth-order valence-corrected chi connectivity index (χ4v) is 2.87. The number of quaternary nitrogens is 1. The molecule has 2 atom stereocenters. The lowest BCUT2D eigenvalue weighted by Gasteiger charge is -2.08. The van der Waals surface area contributed by atoms with E-state index in [0.717, 1.165) is 12.0 Å². The van der Waals surface area contributed by atoms with Gasteiger partial charge in [0.15, 0.2) is 12.2 Å². The van der Waals surface area contributed by atoms with Crippen molar-refractivity contribution < 1.29 is 32.8 Å². The lowest BCUT2D eigenvalue weighted by Crippen LogP contribution is -2.76. The zero-order valence-electron chi connectivity index (χ0n) is 15.9. The molecule has 1 fully saturated rings. The molecule has 158 valence electrons. The van der Waals surface area contributed by atoms with Crippen LogP contribution in [0, 0.1) is 5.41 Å². The Kier molecular flexibility index (Phi) is 6.36. The number of hydrogen-bond donors (Lipinski definition) is 3. The number of benzene rings is 2. The standard InChI is InChI=1S/C20H19F3N4O3/c1-29-19(28)27-17-10-16(17)12-2-4-13(5-3-12)18(24)26-11-25-14-6-8-15(9-7-14)30-20(21,22)23/h2-9,11,16-17H,10H2,1H3,(H,27,28)(H2,24,25,26)/p+1. The first-order chi connectivity index (χ1) is 14.2. The van der Waals surface area contributed by atoms with Crippen molar-refractivity contribution in [2.45, 2.75) is 24.7 Å². The van der Waals surface area contributed by atoms with Crippen LogP contribution < -0.4 is 15.4 Å². The Morgan fingerprint density at radius 3 is 2.47 bits per heavy atom. The summed E-state index contributed by atoms with van der Waals surface area (Å²) in [6.07, 6.45) is -2.93. The summed E-state index contributed by atoms with van der Waals surface area (Å²) in [5.74, 6) is -0.0209. The van der Waals surface area contributed by atoms with Gasteiger partial charge in [-0.15, -0.1) is 13.2 Å². The molecule has 2 unspecified atom stereocenters. The lowest BCUT2D eigenvalue weighted by atomic mass is 10.1. The normalized spacial score (nSPS) is 18.1. The molecule has 0 heterocycles. The molecule has 1 amide bonds. The zero-order chi connectivity index (χ0) is 21.7. The van der Waals surface area contributed by atoms with E-state index in [1.807, 2.05) is 12.1 Å². The van der Waals surface area contributed by atoms with Crippen LogP contribution in [0.5, 0.6) is 5.75 Å². The van der Waals surface area contributed by atoms with Crippen LogP contribution in [0.3, 0.4) is 0 Å². The van der Waals surface area contributed by atoms with E-state index < -0.39 is 12.5 Å². The van der Waals surface area contributed by atoms with Gasteiger partial charge in [0.25, 0.3) is 0 Å². The minimum absolute atomic E-state index is 0.0508. The highest BCUT2D eigenvalue weighted by Gasteiger charge is 2.39. The van der Waals surface area contributed by atoms with Crippen molar-refractivity contribution in [1.82, 2.24) is 5.32 Å². The number of aliphatic imine (C=N–C) groups is 1. The highest BCUT2D eigenvalue weighted by atomic mass is 19.4. The van der Waals surface area contributed by atoms with E-state index in [1.165, 1.54) is 37.7 Å². The fourth-order valence-electron chi connectivity index (χ4n) is 2.87. The molecule has 0 aliphatic heterocycles. The number of alkyl halides is 3. The Hall–Kier alpha value is -3.40. The predicted molar refractivity (Wildman–Crippen MR) is 103 cm³/mol. The SMILES string of the molecule is COC(=O)NC1CC1c1ccc(C(=N)N=C[NH2+]c2ccc(OC(F)(F)F)cc2)cc1. The van der Waals surface area contributed by atoms with Crippen LogP contribution in [0.15, 0.2) is 53.5 Å². The van der Waals surface area contributed by atoms with Crippen LogP contribution in [0.4, 0.5) is 23.7 Å². The molecule has 10 heteroatoms. The fraction of sp³-hybridized carbons (Fsp3) is 0.250. The van der Waals surface area contributed by atoms with E-state index in [9.17, 15) is 18.0 Å². The van der Waals surface area contributed by atoms with Crippen molar-refractivity contribution >= 4 is 24.0 Å².